The lowest BCUT2D eigenvalue weighted by molar-refractivity contribution is 0.0596. The lowest BCUT2D eigenvalue weighted by atomic mass is 9.81. The molecule has 0 spiro atoms. The number of nitrogens with zero attached hydrogens (tertiary/aromatic N) is 2. The smallest absolute Gasteiger partial charge is 0.357 e. The highest BCUT2D eigenvalue weighted by atomic mass is 32.2. The molecule has 3 rings (SSSR count). The van der Waals surface area contributed by atoms with Gasteiger partial charge in [0.1, 0.15) is 0 Å². The van der Waals surface area contributed by atoms with E-state index in [1.165, 1.54) is 17.6 Å². The fourth-order valence-corrected chi connectivity index (χ4v) is 5.16. The minimum Gasteiger partial charge on any atom is -0.464 e. The highest BCUT2D eigenvalue weighted by Gasteiger charge is 2.39. The molecule has 0 radical (unpaired) electrons. The monoisotopic (exact) mass is 377 g/mol. The van der Waals surface area contributed by atoms with Crippen LogP contribution < -0.4 is 5.73 Å². The molecule has 2 heterocycles. The number of aromatic nitrogens is 1. The van der Waals surface area contributed by atoms with E-state index in [9.17, 15) is 13.2 Å². The third-order valence-corrected chi connectivity index (χ3v) is 6.94. The molecule has 1 unspecified atom stereocenters. The molecule has 1 atom stereocenters. The van der Waals surface area contributed by atoms with E-state index in [0.717, 1.165) is 0 Å². The summed E-state index contributed by atoms with van der Waals surface area (Å²) in [5, 5.41) is 0.906. The molecule has 1 aliphatic heterocycles. The summed E-state index contributed by atoms with van der Waals surface area (Å²) in [6.45, 7) is 4.67. The van der Waals surface area contributed by atoms with Crippen LogP contribution in [0.1, 0.15) is 30.8 Å². The summed E-state index contributed by atoms with van der Waals surface area (Å²) in [5.74, 6) is -0.602. The van der Waals surface area contributed by atoms with Gasteiger partial charge in [0.25, 0.3) is 0 Å². The number of benzene rings is 1. The van der Waals surface area contributed by atoms with Crippen molar-refractivity contribution in [2.24, 2.45) is 11.1 Å². The number of sulfonamides is 1. The van der Waals surface area contributed by atoms with E-state index >= 15 is 0 Å². The fourth-order valence-electron chi connectivity index (χ4n) is 3.33. The van der Waals surface area contributed by atoms with Crippen molar-refractivity contribution in [1.29, 1.82) is 0 Å². The van der Waals surface area contributed by atoms with Gasteiger partial charge in [0.2, 0.25) is 10.0 Å². The van der Waals surface area contributed by atoms with Gasteiger partial charge >= 0.3 is 5.97 Å². The van der Waals surface area contributed by atoms with Crippen molar-refractivity contribution < 1.29 is 17.9 Å². The number of methoxy groups -OCH3 is 1. The van der Waals surface area contributed by atoms with Crippen molar-refractivity contribution in [2.45, 2.75) is 31.2 Å². The van der Waals surface area contributed by atoms with Gasteiger partial charge in [-0.3, -0.25) is 0 Å². The molecule has 140 valence electrons. The molecule has 1 aliphatic rings. The van der Waals surface area contributed by atoms with E-state index in [2.05, 4.69) is 4.98 Å². The molecule has 26 heavy (non-hydrogen) atoms. The van der Waals surface area contributed by atoms with Gasteiger partial charge in [-0.05, 0) is 24.0 Å². The number of carbonyl (C=O) groups is 1. The maximum Gasteiger partial charge on any atom is 0.357 e. The highest BCUT2D eigenvalue weighted by Crippen LogP contribution is 2.33. The molecular weight excluding hydrogens is 354 g/mol. The summed E-state index contributed by atoms with van der Waals surface area (Å²) < 4.78 is 32.8. The van der Waals surface area contributed by atoms with Crippen LogP contribution in [0.4, 0.5) is 0 Å². The quantitative estimate of drug-likeness (QED) is 0.818. The summed E-state index contributed by atoms with van der Waals surface area (Å²) in [5.41, 5.74) is 5.92. The minimum absolute atomic E-state index is 0.0448. The molecule has 1 saturated heterocycles. The van der Waals surface area contributed by atoms with Crippen LogP contribution in [0.15, 0.2) is 35.4 Å². The number of hydrogen-bond acceptors (Lipinski definition) is 6. The molecule has 0 bridgehead atoms. The molecule has 0 amide bonds. The maximum absolute atomic E-state index is 13.3. The summed E-state index contributed by atoms with van der Waals surface area (Å²) in [6, 6.07) is 6.40. The number of esters is 1. The van der Waals surface area contributed by atoms with Crippen LogP contribution >= 0.6 is 0 Å². The summed E-state index contributed by atoms with van der Waals surface area (Å²) in [4.78, 5) is 16.2. The van der Waals surface area contributed by atoms with Crippen molar-refractivity contribution in [3.8, 4) is 0 Å². The van der Waals surface area contributed by atoms with E-state index in [1.807, 2.05) is 13.8 Å². The molecule has 8 heteroatoms. The van der Waals surface area contributed by atoms with E-state index < -0.39 is 16.0 Å². The molecule has 2 N–H and O–H groups in total. The van der Waals surface area contributed by atoms with Crippen LogP contribution in [-0.2, 0) is 14.8 Å². The third-order valence-electron chi connectivity index (χ3n) is 5.04. The largest absolute Gasteiger partial charge is 0.464 e. The van der Waals surface area contributed by atoms with Crippen LogP contribution in [0.3, 0.4) is 0 Å². The van der Waals surface area contributed by atoms with Gasteiger partial charge in [-0.2, -0.15) is 4.31 Å². The predicted octanol–water partition coefficient (Wildman–Crippen LogP) is 1.77. The second-order valence-electron chi connectivity index (χ2n) is 7.22. The van der Waals surface area contributed by atoms with Crippen LogP contribution in [0.5, 0.6) is 0 Å². The maximum atomic E-state index is 13.3. The number of pyridine rings is 1. The van der Waals surface area contributed by atoms with Gasteiger partial charge in [-0.15, -0.1) is 0 Å². The molecule has 2 aromatic rings. The Morgan fingerprint density at radius 3 is 2.69 bits per heavy atom. The Morgan fingerprint density at radius 2 is 2.04 bits per heavy atom. The Kier molecular flexibility index (Phi) is 4.76. The zero-order chi connectivity index (χ0) is 19.1. The third kappa shape index (κ3) is 3.08. The molecule has 1 aromatic carbocycles. The number of fused-ring (bicyclic) bond motifs is 1. The van der Waals surface area contributed by atoms with E-state index in [0.29, 0.717) is 30.3 Å². The second kappa shape index (κ2) is 6.61. The number of nitrogens with two attached hydrogens (primary N) is 1. The van der Waals surface area contributed by atoms with Crippen LogP contribution in [0, 0.1) is 5.41 Å². The molecule has 0 saturated carbocycles. The summed E-state index contributed by atoms with van der Waals surface area (Å²) >= 11 is 0. The van der Waals surface area contributed by atoms with Gasteiger partial charge in [0, 0.05) is 36.1 Å². The number of ether oxygens (including phenoxy) is 1. The average molecular weight is 377 g/mol. The predicted molar refractivity (Wildman–Crippen MR) is 98.2 cm³/mol. The Balaban J connectivity index is 2.12. The van der Waals surface area contributed by atoms with Crippen molar-refractivity contribution in [3.05, 3.63) is 36.2 Å². The van der Waals surface area contributed by atoms with Gasteiger partial charge < -0.3 is 10.5 Å². The Hall–Kier alpha value is -2.03. The van der Waals surface area contributed by atoms with Crippen LogP contribution in [-0.4, -0.2) is 49.9 Å². The first-order valence-electron chi connectivity index (χ1n) is 8.40. The molecule has 1 fully saturated rings. The Morgan fingerprint density at radius 1 is 1.31 bits per heavy atom. The molecular formula is C18H23N3O4S. The SMILES string of the molecule is COC(=O)c1nccc2c(S(=O)(=O)N3CCC(N)C(C)(C)C3)cccc12. The normalized spacial score (nSPS) is 20.8. The first-order valence-corrected chi connectivity index (χ1v) is 9.84. The summed E-state index contributed by atoms with van der Waals surface area (Å²) in [6.07, 6.45) is 2.02. The van der Waals surface area contributed by atoms with E-state index in [4.69, 9.17) is 10.5 Å². The second-order valence-corrected chi connectivity index (χ2v) is 9.13. The number of carbonyl (C=O) groups excluding carboxylic acids is 1. The molecule has 7 nitrogen and oxygen atoms in total. The molecule has 0 aliphatic carbocycles. The Labute approximate surface area is 153 Å². The van der Waals surface area contributed by atoms with Gasteiger partial charge in [-0.25, -0.2) is 18.2 Å². The van der Waals surface area contributed by atoms with Gasteiger partial charge in [-0.1, -0.05) is 26.0 Å². The first kappa shape index (κ1) is 18.8. The first-order chi connectivity index (χ1) is 12.2. The lowest BCUT2D eigenvalue weighted by Gasteiger charge is -2.41. The highest BCUT2D eigenvalue weighted by molar-refractivity contribution is 7.89. The van der Waals surface area contributed by atoms with E-state index in [-0.39, 0.29) is 22.0 Å². The van der Waals surface area contributed by atoms with Crippen molar-refractivity contribution >= 4 is 26.8 Å². The minimum atomic E-state index is -3.73. The van der Waals surface area contributed by atoms with Crippen molar-refractivity contribution in [2.75, 3.05) is 20.2 Å². The van der Waals surface area contributed by atoms with Crippen LogP contribution in [0.2, 0.25) is 0 Å². The van der Waals surface area contributed by atoms with Gasteiger partial charge in [0.05, 0.1) is 12.0 Å². The summed E-state index contributed by atoms with van der Waals surface area (Å²) in [7, 11) is -2.47. The van der Waals surface area contributed by atoms with Gasteiger partial charge in [0.15, 0.2) is 5.69 Å². The average Bonchev–Trinajstić information content (AvgIpc) is 2.62. The molecule has 1 aromatic heterocycles. The topological polar surface area (TPSA) is 103 Å². The lowest BCUT2D eigenvalue weighted by Crippen LogP contribution is -2.53. The zero-order valence-electron chi connectivity index (χ0n) is 15.1. The Bertz CT molecular complexity index is 956. The number of rotatable bonds is 3. The number of hydrogen-bond donors (Lipinski definition) is 1. The van der Waals surface area contributed by atoms with Crippen LogP contribution in [0.25, 0.3) is 10.8 Å². The zero-order valence-corrected chi connectivity index (χ0v) is 15.9. The van der Waals surface area contributed by atoms with Crippen molar-refractivity contribution in [3.63, 3.8) is 0 Å². The van der Waals surface area contributed by atoms with E-state index in [1.54, 1.807) is 24.3 Å². The number of piperidine rings is 1. The fraction of sp³-hybridized carbons (Fsp3) is 0.444. The van der Waals surface area contributed by atoms with Crippen molar-refractivity contribution in [1.82, 2.24) is 9.29 Å². The standard InChI is InChI=1S/C18H23N3O4S/c1-18(2)11-21(10-8-15(18)19)26(23,24)14-6-4-5-13-12(14)7-9-20-16(13)17(22)25-3/h4-7,9,15H,8,10-11,19H2,1-3H3.